The minimum atomic E-state index is 0. The van der Waals surface area contributed by atoms with Crippen molar-refractivity contribution in [3.05, 3.63) is 24.3 Å². The number of fused-ring (bicyclic) bond motifs is 1. The molecule has 1 aromatic carbocycles. The van der Waals surface area contributed by atoms with Crippen molar-refractivity contribution in [3.63, 3.8) is 0 Å². The van der Waals surface area contributed by atoms with E-state index in [-0.39, 0.29) is 5.48 Å². The highest BCUT2D eigenvalue weighted by molar-refractivity contribution is 7.13. The minimum Gasteiger partial charge on any atom is -0.412 e. The molecule has 0 spiro atoms. The third-order valence-electron chi connectivity index (χ3n) is 2.77. The van der Waals surface area contributed by atoms with Crippen LogP contribution in [-0.4, -0.2) is 36.0 Å². The lowest BCUT2D eigenvalue weighted by Gasteiger charge is -2.27. The van der Waals surface area contributed by atoms with Crippen molar-refractivity contribution in [1.29, 1.82) is 0 Å². The summed E-state index contributed by atoms with van der Waals surface area (Å²) in [5.41, 5.74) is 0. The van der Waals surface area contributed by atoms with Gasteiger partial charge in [-0.3, -0.25) is 0 Å². The van der Waals surface area contributed by atoms with E-state index in [4.69, 9.17) is 0 Å². The zero-order chi connectivity index (χ0) is 10.1. The van der Waals surface area contributed by atoms with Crippen LogP contribution >= 0.6 is 11.5 Å². The summed E-state index contributed by atoms with van der Waals surface area (Å²) in [6, 6.07) is 8.46. The van der Waals surface area contributed by atoms with Crippen LogP contribution in [0.15, 0.2) is 24.3 Å². The van der Waals surface area contributed by atoms with Gasteiger partial charge in [0.25, 0.3) is 0 Å². The highest BCUT2D eigenvalue weighted by Gasteiger charge is 2.15. The fourth-order valence-electron chi connectivity index (χ4n) is 1.98. The standard InChI is InChI=1S/C11H13N3S.H2O/c1-2-4-10-9(3-1)11(13-15-10)14-7-5-12-6-8-14;/h1-4,12H,5-8H2;1H2. The van der Waals surface area contributed by atoms with Gasteiger partial charge in [0.15, 0.2) is 0 Å². The zero-order valence-electron chi connectivity index (χ0n) is 8.94. The van der Waals surface area contributed by atoms with Gasteiger partial charge >= 0.3 is 0 Å². The average Bonchev–Trinajstić information content (AvgIpc) is 2.74. The lowest BCUT2D eigenvalue weighted by molar-refractivity contribution is 0.587. The maximum Gasteiger partial charge on any atom is 0.150 e. The summed E-state index contributed by atoms with van der Waals surface area (Å²) in [6.07, 6.45) is 0. The highest BCUT2D eigenvalue weighted by Crippen LogP contribution is 2.29. The van der Waals surface area contributed by atoms with Gasteiger partial charge in [0.05, 0.1) is 4.70 Å². The van der Waals surface area contributed by atoms with Crippen molar-refractivity contribution < 1.29 is 5.48 Å². The molecule has 86 valence electrons. The molecule has 1 aliphatic rings. The molecule has 3 N–H and O–H groups in total. The van der Waals surface area contributed by atoms with Crippen molar-refractivity contribution in [2.24, 2.45) is 0 Å². The lowest BCUT2D eigenvalue weighted by Crippen LogP contribution is -2.43. The molecule has 0 unspecified atom stereocenters. The second-order valence-electron chi connectivity index (χ2n) is 3.74. The maximum absolute atomic E-state index is 4.56. The molecule has 0 bridgehead atoms. The topological polar surface area (TPSA) is 59.7 Å². The summed E-state index contributed by atoms with van der Waals surface area (Å²) in [4.78, 5) is 2.37. The van der Waals surface area contributed by atoms with Gasteiger partial charge in [0.2, 0.25) is 0 Å². The number of aromatic nitrogens is 1. The molecule has 2 aromatic rings. The van der Waals surface area contributed by atoms with E-state index >= 15 is 0 Å². The molecule has 0 atom stereocenters. The second kappa shape index (κ2) is 4.78. The number of hydrogen-bond donors (Lipinski definition) is 1. The number of rotatable bonds is 1. The number of nitrogens with one attached hydrogen (secondary N) is 1. The van der Waals surface area contributed by atoms with Crippen LogP contribution in [0.1, 0.15) is 0 Å². The Balaban J connectivity index is 0.000000963. The van der Waals surface area contributed by atoms with Crippen LogP contribution < -0.4 is 10.2 Å². The second-order valence-corrected chi connectivity index (χ2v) is 4.54. The van der Waals surface area contributed by atoms with E-state index in [1.54, 1.807) is 11.5 Å². The van der Waals surface area contributed by atoms with Crippen LogP contribution in [0.2, 0.25) is 0 Å². The van der Waals surface area contributed by atoms with E-state index in [0.717, 1.165) is 32.0 Å². The van der Waals surface area contributed by atoms with Crippen molar-refractivity contribution >= 4 is 27.4 Å². The van der Waals surface area contributed by atoms with Crippen LogP contribution in [0, 0.1) is 0 Å². The van der Waals surface area contributed by atoms with Crippen LogP contribution in [0.4, 0.5) is 5.82 Å². The summed E-state index contributed by atoms with van der Waals surface area (Å²) in [5.74, 6) is 1.16. The molecule has 4 nitrogen and oxygen atoms in total. The normalized spacial score (nSPS) is 16.1. The Morgan fingerprint density at radius 3 is 2.75 bits per heavy atom. The van der Waals surface area contributed by atoms with Crippen molar-refractivity contribution in [2.75, 3.05) is 31.1 Å². The van der Waals surface area contributed by atoms with Crippen molar-refractivity contribution in [2.45, 2.75) is 0 Å². The number of hydrogen-bond acceptors (Lipinski definition) is 4. The molecule has 5 heteroatoms. The SMILES string of the molecule is O.c1ccc2c(N3CCNCC3)nsc2c1. The molecule has 0 aliphatic carbocycles. The predicted octanol–water partition coefficient (Wildman–Crippen LogP) is 0.881. The minimum absolute atomic E-state index is 0. The number of benzene rings is 1. The molecular formula is C11H15N3OS. The van der Waals surface area contributed by atoms with Gasteiger partial charge < -0.3 is 15.7 Å². The largest absolute Gasteiger partial charge is 0.412 e. The first kappa shape index (κ1) is 11.3. The first-order valence-corrected chi connectivity index (χ1v) is 6.02. The van der Waals surface area contributed by atoms with E-state index in [9.17, 15) is 0 Å². The maximum atomic E-state index is 4.56. The van der Waals surface area contributed by atoms with Gasteiger partial charge in [-0.05, 0) is 23.7 Å². The van der Waals surface area contributed by atoms with Gasteiger partial charge in [-0.1, -0.05) is 12.1 Å². The van der Waals surface area contributed by atoms with E-state index in [1.165, 1.54) is 10.1 Å². The molecule has 1 aromatic heterocycles. The molecule has 0 saturated carbocycles. The van der Waals surface area contributed by atoms with Gasteiger partial charge in [0, 0.05) is 31.6 Å². The fraction of sp³-hybridized carbons (Fsp3) is 0.364. The van der Waals surface area contributed by atoms with Crippen molar-refractivity contribution in [3.8, 4) is 0 Å². The highest BCUT2D eigenvalue weighted by atomic mass is 32.1. The molecule has 2 heterocycles. The first-order chi connectivity index (χ1) is 7.45. The van der Waals surface area contributed by atoms with Crippen LogP contribution in [0.5, 0.6) is 0 Å². The Bertz CT molecular complexity index is 465. The summed E-state index contributed by atoms with van der Waals surface area (Å²) in [7, 11) is 0. The van der Waals surface area contributed by atoms with Crippen LogP contribution in [0.3, 0.4) is 0 Å². The monoisotopic (exact) mass is 237 g/mol. The van der Waals surface area contributed by atoms with E-state index in [2.05, 4.69) is 38.9 Å². The van der Waals surface area contributed by atoms with Crippen LogP contribution in [0.25, 0.3) is 10.1 Å². The molecule has 1 aliphatic heterocycles. The molecular weight excluding hydrogens is 222 g/mol. The third-order valence-corrected chi connectivity index (χ3v) is 3.59. The molecule has 1 fully saturated rings. The quantitative estimate of drug-likeness (QED) is 0.801. The summed E-state index contributed by atoms with van der Waals surface area (Å²) in [6.45, 7) is 4.25. The van der Waals surface area contributed by atoms with E-state index in [1.807, 2.05) is 0 Å². The average molecular weight is 237 g/mol. The predicted molar refractivity (Wildman–Crippen MR) is 68.3 cm³/mol. The summed E-state index contributed by atoms with van der Waals surface area (Å²) in [5, 5.41) is 4.65. The molecule has 0 amide bonds. The molecule has 1 saturated heterocycles. The van der Waals surface area contributed by atoms with E-state index in [0.29, 0.717) is 0 Å². The Kier molecular flexibility index (Phi) is 3.38. The zero-order valence-corrected chi connectivity index (χ0v) is 9.76. The Morgan fingerprint density at radius 2 is 1.94 bits per heavy atom. The first-order valence-electron chi connectivity index (χ1n) is 5.25. The molecule has 3 rings (SSSR count). The molecule has 16 heavy (non-hydrogen) atoms. The van der Waals surface area contributed by atoms with Gasteiger partial charge in [-0.25, -0.2) is 0 Å². The number of piperazine rings is 1. The van der Waals surface area contributed by atoms with Gasteiger partial charge in [-0.15, -0.1) is 0 Å². The van der Waals surface area contributed by atoms with Crippen molar-refractivity contribution in [1.82, 2.24) is 9.69 Å². The lowest BCUT2D eigenvalue weighted by atomic mass is 10.2. The van der Waals surface area contributed by atoms with E-state index < -0.39 is 0 Å². The smallest absolute Gasteiger partial charge is 0.150 e. The summed E-state index contributed by atoms with van der Waals surface area (Å²) < 4.78 is 5.84. The molecule has 0 radical (unpaired) electrons. The van der Waals surface area contributed by atoms with Gasteiger partial charge in [0.1, 0.15) is 5.82 Å². The third kappa shape index (κ3) is 1.89. The van der Waals surface area contributed by atoms with Crippen LogP contribution in [-0.2, 0) is 0 Å². The Hall–Kier alpha value is -1.17. The Morgan fingerprint density at radius 1 is 1.19 bits per heavy atom. The number of nitrogens with zero attached hydrogens (tertiary/aromatic N) is 2. The Labute approximate surface area is 98.4 Å². The summed E-state index contributed by atoms with van der Waals surface area (Å²) >= 11 is 1.60. The van der Waals surface area contributed by atoms with Gasteiger partial charge in [-0.2, -0.15) is 4.37 Å². The number of anilines is 1. The fourth-order valence-corrected chi connectivity index (χ4v) is 2.77.